The molecule has 0 saturated carbocycles. The lowest BCUT2D eigenvalue weighted by Gasteiger charge is -2.14. The average molecular weight is 378 g/mol. The van der Waals surface area contributed by atoms with Crippen molar-refractivity contribution in [3.05, 3.63) is 64.1 Å². The molecule has 1 unspecified atom stereocenters. The Kier molecular flexibility index (Phi) is 8.18. The van der Waals surface area contributed by atoms with Crippen molar-refractivity contribution in [2.24, 2.45) is 0 Å². The maximum atomic E-state index is 12.4. The molecular formula is C17H19N2O6P. The minimum atomic E-state index is -1.46. The van der Waals surface area contributed by atoms with Gasteiger partial charge in [-0.15, -0.1) is 0 Å². The van der Waals surface area contributed by atoms with Crippen LogP contribution in [0.4, 0.5) is 0 Å². The van der Waals surface area contributed by atoms with Crippen molar-refractivity contribution in [1.82, 2.24) is 9.88 Å². The molecule has 1 atom stereocenters. The van der Waals surface area contributed by atoms with Crippen LogP contribution in [0.3, 0.4) is 0 Å². The summed E-state index contributed by atoms with van der Waals surface area (Å²) in [5.74, 6) is -2.75. The molecular weight excluding hydrogens is 359 g/mol. The highest BCUT2D eigenvalue weighted by Crippen LogP contribution is 2.17. The van der Waals surface area contributed by atoms with Gasteiger partial charge in [0.1, 0.15) is 11.8 Å². The van der Waals surface area contributed by atoms with Gasteiger partial charge in [0.05, 0.1) is 16.0 Å². The number of carbonyl (C=O) groups is 3. The standard InChI is InChI=1S/C17H19N2O6P/c1-3-5-6-11(4-2)9-18-16(22)12-10-19(7-8-20)13(17(23)24)15(25-26)14(12)21/h3-6,8,10H,2,7,9,26H2,1H3,(H,18,22)(H,23,24)/b5-3-,11-6+. The zero-order valence-electron chi connectivity index (χ0n) is 14.1. The minimum absolute atomic E-state index is 0.109. The number of nitrogens with one attached hydrogen (secondary N) is 1. The molecule has 0 spiro atoms. The molecule has 0 bridgehead atoms. The van der Waals surface area contributed by atoms with Crippen molar-refractivity contribution in [2.75, 3.05) is 6.54 Å². The largest absolute Gasteiger partial charge is 0.476 e. The summed E-state index contributed by atoms with van der Waals surface area (Å²) in [6.07, 6.45) is 8.32. The summed E-state index contributed by atoms with van der Waals surface area (Å²) in [5, 5.41) is 11.8. The lowest BCUT2D eigenvalue weighted by atomic mass is 10.1. The smallest absolute Gasteiger partial charge is 0.356 e. The highest BCUT2D eigenvalue weighted by atomic mass is 31.0. The first-order valence-electron chi connectivity index (χ1n) is 7.44. The summed E-state index contributed by atoms with van der Waals surface area (Å²) in [4.78, 5) is 46.9. The number of allylic oxidation sites excluding steroid dienone is 3. The molecule has 0 radical (unpaired) electrons. The average Bonchev–Trinajstić information content (AvgIpc) is 2.62. The molecule has 26 heavy (non-hydrogen) atoms. The Morgan fingerprint density at radius 3 is 2.65 bits per heavy atom. The SMILES string of the molecule is C=C/C(=C\C=C/C)CNC(=O)c1cn(CC=O)c(C(=O)O)c(OP)c1=O. The van der Waals surface area contributed by atoms with Gasteiger partial charge < -0.3 is 24.3 Å². The van der Waals surface area contributed by atoms with E-state index in [-0.39, 0.29) is 18.7 Å². The van der Waals surface area contributed by atoms with Crippen molar-refractivity contribution in [2.45, 2.75) is 13.5 Å². The van der Waals surface area contributed by atoms with E-state index >= 15 is 0 Å². The first-order valence-corrected chi connectivity index (χ1v) is 7.91. The monoisotopic (exact) mass is 378 g/mol. The van der Waals surface area contributed by atoms with Crippen LogP contribution in [0.1, 0.15) is 27.8 Å². The van der Waals surface area contributed by atoms with E-state index in [1.165, 1.54) is 0 Å². The second-order valence-corrected chi connectivity index (χ2v) is 5.18. The molecule has 2 N–H and O–H groups in total. The van der Waals surface area contributed by atoms with E-state index in [9.17, 15) is 24.3 Å². The van der Waals surface area contributed by atoms with Gasteiger partial charge in [0.25, 0.3) is 5.91 Å². The molecule has 0 aliphatic rings. The quantitative estimate of drug-likeness (QED) is 0.381. The number of aromatic nitrogens is 1. The number of amides is 1. The molecule has 1 aromatic rings. The Labute approximate surface area is 152 Å². The van der Waals surface area contributed by atoms with Gasteiger partial charge in [-0.25, -0.2) is 4.79 Å². The molecule has 138 valence electrons. The van der Waals surface area contributed by atoms with Gasteiger partial charge in [-0.3, -0.25) is 9.59 Å². The Morgan fingerprint density at radius 2 is 2.15 bits per heavy atom. The zero-order chi connectivity index (χ0) is 19.7. The number of carboxylic acid groups (broad SMARTS) is 1. The molecule has 0 aromatic carbocycles. The predicted molar refractivity (Wildman–Crippen MR) is 99.5 cm³/mol. The van der Waals surface area contributed by atoms with E-state index in [4.69, 9.17) is 4.52 Å². The fourth-order valence-corrected chi connectivity index (χ4v) is 2.27. The number of nitrogens with zero attached hydrogens (tertiary/aromatic N) is 1. The highest BCUT2D eigenvalue weighted by Gasteiger charge is 2.24. The molecule has 9 heteroatoms. The van der Waals surface area contributed by atoms with Crippen molar-refractivity contribution < 1.29 is 24.0 Å². The molecule has 1 amide bonds. The summed E-state index contributed by atoms with van der Waals surface area (Å²) in [6, 6.07) is 0. The van der Waals surface area contributed by atoms with Crippen LogP contribution in [0.25, 0.3) is 0 Å². The van der Waals surface area contributed by atoms with Crippen LogP contribution in [0, 0.1) is 0 Å². The van der Waals surface area contributed by atoms with Crippen LogP contribution in [0.2, 0.25) is 0 Å². The Hall–Kier alpha value is -2.99. The van der Waals surface area contributed by atoms with Gasteiger partial charge in [-0.1, -0.05) is 30.9 Å². The fourth-order valence-electron chi connectivity index (χ4n) is 2.05. The van der Waals surface area contributed by atoms with Crippen molar-refractivity contribution in [3.63, 3.8) is 0 Å². The summed E-state index contributed by atoms with van der Waals surface area (Å²) in [7, 11) is 1.76. The Morgan fingerprint density at radius 1 is 1.46 bits per heavy atom. The molecule has 1 aromatic heterocycles. The van der Waals surface area contributed by atoms with E-state index in [0.717, 1.165) is 10.8 Å². The first-order chi connectivity index (χ1) is 12.4. The number of carbonyl (C=O) groups excluding carboxylic acids is 2. The van der Waals surface area contributed by atoms with E-state index in [1.54, 1.807) is 33.8 Å². The third-order valence-corrected chi connectivity index (χ3v) is 3.53. The second-order valence-electron chi connectivity index (χ2n) is 4.95. The summed E-state index contributed by atoms with van der Waals surface area (Å²) < 4.78 is 5.75. The van der Waals surface area contributed by atoms with Crippen molar-refractivity contribution in [3.8, 4) is 5.75 Å². The lowest BCUT2D eigenvalue weighted by Crippen LogP contribution is -2.32. The highest BCUT2D eigenvalue weighted by molar-refractivity contribution is 7.10. The van der Waals surface area contributed by atoms with Crippen molar-refractivity contribution in [1.29, 1.82) is 0 Å². The normalized spacial score (nSPS) is 11.2. The summed E-state index contributed by atoms with van der Waals surface area (Å²) in [5.41, 5.74) is -1.05. The van der Waals surface area contributed by atoms with Crippen LogP contribution in [-0.4, -0.2) is 34.4 Å². The molecule has 0 saturated heterocycles. The molecule has 0 fully saturated rings. The number of aromatic carboxylic acids is 1. The summed E-state index contributed by atoms with van der Waals surface area (Å²) >= 11 is 0. The maximum Gasteiger partial charge on any atom is 0.356 e. The molecule has 1 heterocycles. The topological polar surface area (TPSA) is 115 Å². The van der Waals surface area contributed by atoms with E-state index in [1.807, 2.05) is 6.92 Å². The van der Waals surface area contributed by atoms with Crippen LogP contribution in [-0.2, 0) is 11.3 Å². The number of pyridine rings is 1. The third-order valence-electron chi connectivity index (χ3n) is 3.29. The number of hydrogen-bond donors (Lipinski definition) is 2. The fraction of sp³-hybridized carbons (Fsp3) is 0.176. The van der Waals surface area contributed by atoms with E-state index in [0.29, 0.717) is 11.9 Å². The van der Waals surface area contributed by atoms with Crippen LogP contribution in [0.15, 0.2) is 47.4 Å². The third kappa shape index (κ3) is 5.00. The van der Waals surface area contributed by atoms with Gasteiger partial charge in [0, 0.05) is 12.7 Å². The lowest BCUT2D eigenvalue weighted by molar-refractivity contribution is -0.108. The minimum Gasteiger partial charge on any atom is -0.476 e. The Balaban J connectivity index is 3.31. The first kappa shape index (κ1) is 21.1. The number of hydrogen-bond acceptors (Lipinski definition) is 5. The zero-order valence-corrected chi connectivity index (χ0v) is 15.3. The number of rotatable bonds is 9. The maximum absolute atomic E-state index is 12.4. The molecule has 1 rings (SSSR count). The van der Waals surface area contributed by atoms with Gasteiger partial charge in [-0.2, -0.15) is 0 Å². The van der Waals surface area contributed by atoms with Crippen molar-refractivity contribution >= 4 is 27.6 Å². The van der Waals surface area contributed by atoms with E-state index in [2.05, 4.69) is 11.9 Å². The van der Waals surface area contributed by atoms with Gasteiger partial charge in [-0.05, 0) is 12.5 Å². The van der Waals surface area contributed by atoms with Crippen LogP contribution >= 0.6 is 9.47 Å². The molecule has 0 aliphatic carbocycles. The number of carboxylic acids is 1. The number of aldehydes is 1. The van der Waals surface area contributed by atoms with Gasteiger partial charge in [0.15, 0.2) is 5.69 Å². The predicted octanol–water partition coefficient (Wildman–Crippen LogP) is 1.33. The Bertz CT molecular complexity index is 838. The van der Waals surface area contributed by atoms with Crippen LogP contribution < -0.4 is 15.3 Å². The molecule has 8 nitrogen and oxygen atoms in total. The van der Waals surface area contributed by atoms with Crippen LogP contribution in [0.5, 0.6) is 5.75 Å². The molecule has 0 aliphatic heterocycles. The second kappa shape index (κ2) is 10.1. The van der Waals surface area contributed by atoms with Gasteiger partial charge >= 0.3 is 5.97 Å². The summed E-state index contributed by atoms with van der Waals surface area (Å²) in [6.45, 7) is 5.22. The van der Waals surface area contributed by atoms with Gasteiger partial charge in [0.2, 0.25) is 11.2 Å². The van der Waals surface area contributed by atoms with E-state index < -0.39 is 28.7 Å².